The van der Waals surface area contributed by atoms with Crippen molar-refractivity contribution in [3.05, 3.63) is 33.9 Å². The van der Waals surface area contributed by atoms with E-state index in [1.807, 2.05) is 0 Å². The molecule has 1 aromatic rings. The van der Waals surface area contributed by atoms with Gasteiger partial charge in [0, 0.05) is 18.7 Å². The molecule has 0 amide bonds. The number of benzene rings is 1. The predicted molar refractivity (Wildman–Crippen MR) is 74.8 cm³/mol. The first-order valence-corrected chi connectivity index (χ1v) is 6.80. The van der Waals surface area contributed by atoms with Gasteiger partial charge in [-0.1, -0.05) is 0 Å². The van der Waals surface area contributed by atoms with Crippen LogP contribution < -0.4 is 4.90 Å². The van der Waals surface area contributed by atoms with Crippen molar-refractivity contribution in [2.24, 2.45) is 11.8 Å². The Bertz CT molecular complexity index is 673. The molecular weight excluding hydrogens is 292 g/mol. The number of carbonyl (C=O) groups is 2. The van der Waals surface area contributed by atoms with Gasteiger partial charge in [0.05, 0.1) is 23.3 Å². The zero-order chi connectivity index (χ0) is 16.0. The normalized spacial score (nSPS) is 25.5. The number of carbonyl (C=O) groups excluding carboxylic acids is 1. The van der Waals surface area contributed by atoms with Gasteiger partial charge in [-0.15, -0.1) is 0 Å². The molecule has 8 nitrogen and oxygen atoms in total. The van der Waals surface area contributed by atoms with E-state index in [2.05, 4.69) is 4.74 Å². The molecule has 8 heteroatoms. The van der Waals surface area contributed by atoms with Crippen molar-refractivity contribution in [3.8, 4) is 0 Å². The number of hydrogen-bond acceptors (Lipinski definition) is 6. The smallest absolute Gasteiger partial charge is 0.340 e. The Kier molecular flexibility index (Phi) is 3.23. The van der Waals surface area contributed by atoms with Crippen LogP contribution in [0.15, 0.2) is 18.2 Å². The molecular formula is C14H14N2O6. The minimum atomic E-state index is -0.945. The maximum Gasteiger partial charge on any atom is 0.340 e. The van der Waals surface area contributed by atoms with Crippen molar-refractivity contribution in [2.75, 3.05) is 18.6 Å². The van der Waals surface area contributed by atoms with Crippen molar-refractivity contribution < 1.29 is 24.4 Å². The lowest BCUT2D eigenvalue weighted by molar-refractivity contribution is -0.384. The van der Waals surface area contributed by atoms with Crippen molar-refractivity contribution in [3.63, 3.8) is 0 Å². The van der Waals surface area contributed by atoms with Crippen molar-refractivity contribution in [2.45, 2.75) is 12.5 Å². The van der Waals surface area contributed by atoms with Gasteiger partial charge in [0.15, 0.2) is 0 Å². The number of non-ortho nitro benzene ring substituents is 1. The highest BCUT2D eigenvalue weighted by molar-refractivity contribution is 5.98. The van der Waals surface area contributed by atoms with E-state index in [0.717, 1.165) is 12.5 Å². The fourth-order valence-electron chi connectivity index (χ4n) is 3.19. The number of carboxylic acid groups (broad SMARTS) is 1. The predicted octanol–water partition coefficient (Wildman–Crippen LogP) is 1.29. The number of piperidine rings is 1. The minimum absolute atomic E-state index is 0.0178. The van der Waals surface area contributed by atoms with Gasteiger partial charge in [0.25, 0.3) is 5.69 Å². The van der Waals surface area contributed by atoms with Gasteiger partial charge in [-0.05, 0) is 24.3 Å². The number of nitrogens with zero attached hydrogens (tertiary/aromatic N) is 2. The summed E-state index contributed by atoms with van der Waals surface area (Å²) in [7, 11) is 1.18. The number of aliphatic carboxylic acids is 1. The monoisotopic (exact) mass is 306 g/mol. The molecule has 116 valence electrons. The fraction of sp³-hybridized carbons (Fsp3) is 0.429. The van der Waals surface area contributed by atoms with Crippen molar-refractivity contribution in [1.29, 1.82) is 0 Å². The Balaban J connectivity index is 2.04. The number of anilines is 1. The number of nitro groups is 1. The van der Waals surface area contributed by atoms with Crippen LogP contribution in [0.1, 0.15) is 16.8 Å². The molecule has 3 atom stereocenters. The molecule has 0 unspecified atom stereocenters. The molecule has 1 N–H and O–H groups in total. The third-order valence-electron chi connectivity index (χ3n) is 4.31. The number of rotatable bonds is 4. The molecule has 1 aliphatic carbocycles. The van der Waals surface area contributed by atoms with Crippen molar-refractivity contribution >= 4 is 23.3 Å². The Morgan fingerprint density at radius 1 is 1.45 bits per heavy atom. The summed E-state index contributed by atoms with van der Waals surface area (Å²) in [4.78, 5) is 35.3. The number of methoxy groups -OCH3 is 1. The number of ether oxygens (including phenoxy) is 1. The molecule has 2 aliphatic rings. The van der Waals surface area contributed by atoms with Gasteiger partial charge < -0.3 is 14.7 Å². The Morgan fingerprint density at radius 2 is 2.18 bits per heavy atom. The Morgan fingerprint density at radius 3 is 2.77 bits per heavy atom. The van der Waals surface area contributed by atoms with E-state index in [-0.39, 0.29) is 17.2 Å². The maximum absolute atomic E-state index is 11.9. The number of carboxylic acids is 1. The molecule has 1 aliphatic heterocycles. The summed E-state index contributed by atoms with van der Waals surface area (Å²) in [5.41, 5.74) is 0.154. The average Bonchev–Trinajstić information content (AvgIpc) is 3.15. The topological polar surface area (TPSA) is 110 Å². The molecule has 0 aromatic heterocycles. The van der Waals surface area contributed by atoms with Crippen LogP contribution in [0.4, 0.5) is 11.4 Å². The van der Waals surface area contributed by atoms with E-state index in [4.69, 9.17) is 0 Å². The van der Waals surface area contributed by atoms with Gasteiger partial charge in [-0.3, -0.25) is 10.1 Å². The lowest BCUT2D eigenvalue weighted by Gasteiger charge is -2.27. The third kappa shape index (κ3) is 2.16. The van der Waals surface area contributed by atoms with Crippen LogP contribution in [0.5, 0.6) is 0 Å². The summed E-state index contributed by atoms with van der Waals surface area (Å²) in [5, 5.41) is 20.3. The first-order chi connectivity index (χ1) is 10.4. The zero-order valence-corrected chi connectivity index (χ0v) is 11.8. The minimum Gasteiger partial charge on any atom is -0.480 e. The summed E-state index contributed by atoms with van der Waals surface area (Å²) in [6, 6.07) is 3.12. The molecule has 1 aromatic carbocycles. The van der Waals surface area contributed by atoms with E-state index in [9.17, 15) is 24.8 Å². The zero-order valence-electron chi connectivity index (χ0n) is 11.8. The van der Waals surface area contributed by atoms with Gasteiger partial charge >= 0.3 is 11.9 Å². The molecule has 22 heavy (non-hydrogen) atoms. The first kappa shape index (κ1) is 14.3. The average molecular weight is 306 g/mol. The highest BCUT2D eigenvalue weighted by Gasteiger charge is 2.56. The maximum atomic E-state index is 11.9. The number of hydrogen-bond donors (Lipinski definition) is 1. The Hall–Kier alpha value is -2.64. The van der Waals surface area contributed by atoms with Crippen LogP contribution >= 0.6 is 0 Å². The molecule has 1 heterocycles. The lowest BCUT2D eigenvalue weighted by Crippen LogP contribution is -2.40. The van der Waals surface area contributed by atoms with Crippen LogP contribution in [0, 0.1) is 22.0 Å². The van der Waals surface area contributed by atoms with Gasteiger partial charge in [-0.25, -0.2) is 9.59 Å². The third-order valence-corrected chi connectivity index (χ3v) is 4.31. The number of esters is 1. The number of nitro benzene ring substituents is 1. The van der Waals surface area contributed by atoms with Gasteiger partial charge in [0.2, 0.25) is 0 Å². The summed E-state index contributed by atoms with van der Waals surface area (Å²) in [6.07, 6.45) is 0.869. The summed E-state index contributed by atoms with van der Waals surface area (Å²) < 4.78 is 4.67. The lowest BCUT2D eigenvalue weighted by atomic mass is 10.1. The van der Waals surface area contributed by atoms with E-state index >= 15 is 0 Å². The summed E-state index contributed by atoms with van der Waals surface area (Å²) in [6.45, 7) is 0.531. The molecule has 1 saturated heterocycles. The van der Waals surface area contributed by atoms with Crippen LogP contribution in [0.25, 0.3) is 0 Å². The second-order valence-electron chi connectivity index (χ2n) is 5.55. The molecule has 1 saturated carbocycles. The van der Waals surface area contributed by atoms with E-state index in [1.54, 1.807) is 4.90 Å². The van der Waals surface area contributed by atoms with Gasteiger partial charge in [0.1, 0.15) is 6.04 Å². The highest BCUT2D eigenvalue weighted by atomic mass is 16.6. The van der Waals surface area contributed by atoms with Gasteiger partial charge in [-0.2, -0.15) is 0 Å². The Labute approximate surface area is 125 Å². The molecule has 3 rings (SSSR count). The largest absolute Gasteiger partial charge is 0.480 e. The highest BCUT2D eigenvalue weighted by Crippen LogP contribution is 2.51. The van der Waals surface area contributed by atoms with E-state index < -0.39 is 22.9 Å². The molecule has 2 fully saturated rings. The van der Waals surface area contributed by atoms with Crippen LogP contribution in [0.2, 0.25) is 0 Å². The second kappa shape index (κ2) is 4.97. The van der Waals surface area contributed by atoms with E-state index in [0.29, 0.717) is 18.2 Å². The SMILES string of the molecule is COC(=O)c1cc([N+](=O)[O-])ccc1N1C[C@@H]2C[C@H]2[C@H]1C(=O)O. The standard InChI is InChI=1S/C14H14N2O6/c1-22-14(19)10-5-8(16(20)21)2-3-11(10)15-6-7-4-9(7)12(15)13(17)18/h2-3,5,7,9,12H,4,6H2,1H3,(H,17,18)/t7-,9+,12-/m0/s1. The number of fused-ring (bicyclic) bond motifs is 1. The van der Waals surface area contributed by atoms with Crippen LogP contribution in [-0.4, -0.2) is 41.7 Å². The van der Waals surface area contributed by atoms with Crippen molar-refractivity contribution in [1.82, 2.24) is 0 Å². The quantitative estimate of drug-likeness (QED) is 0.507. The fourth-order valence-corrected chi connectivity index (χ4v) is 3.19. The summed E-state index contributed by atoms with van der Waals surface area (Å²) in [5.74, 6) is -1.28. The van der Waals surface area contributed by atoms with Crippen LogP contribution in [-0.2, 0) is 9.53 Å². The second-order valence-corrected chi connectivity index (χ2v) is 5.55. The molecule has 0 spiro atoms. The molecule has 0 bridgehead atoms. The first-order valence-electron chi connectivity index (χ1n) is 6.80. The molecule has 0 radical (unpaired) electrons. The summed E-state index contributed by atoms with van der Waals surface area (Å²) >= 11 is 0. The van der Waals surface area contributed by atoms with E-state index in [1.165, 1.54) is 19.2 Å². The van der Waals surface area contributed by atoms with Crippen LogP contribution in [0.3, 0.4) is 0 Å².